The van der Waals surface area contributed by atoms with E-state index in [0.717, 1.165) is 68.6 Å². The van der Waals surface area contributed by atoms with Crippen molar-refractivity contribution in [3.63, 3.8) is 0 Å². The largest absolute Gasteiger partial charge is 0.493 e. The first kappa shape index (κ1) is 27.7. The van der Waals surface area contributed by atoms with Crippen molar-refractivity contribution in [3.05, 3.63) is 72.3 Å². The number of fused-ring (bicyclic) bond motifs is 1. The summed E-state index contributed by atoms with van der Waals surface area (Å²) in [7, 11) is 3.19. The maximum atomic E-state index is 13.3. The molecule has 0 atom stereocenters. The van der Waals surface area contributed by atoms with E-state index in [1.54, 1.807) is 31.0 Å². The van der Waals surface area contributed by atoms with Crippen molar-refractivity contribution < 1.29 is 19.1 Å². The molecule has 0 radical (unpaired) electrons. The Morgan fingerprint density at radius 1 is 0.857 bits per heavy atom. The lowest BCUT2D eigenvalue weighted by Gasteiger charge is -2.36. The van der Waals surface area contributed by atoms with Crippen LogP contribution < -0.4 is 14.8 Å². The number of hydrogen-bond donors (Lipinski definition) is 1. The predicted molar refractivity (Wildman–Crippen MR) is 158 cm³/mol. The van der Waals surface area contributed by atoms with Crippen LogP contribution in [0, 0.1) is 5.92 Å². The van der Waals surface area contributed by atoms with E-state index < -0.39 is 0 Å². The fourth-order valence-corrected chi connectivity index (χ4v) is 6.24. The second kappa shape index (κ2) is 12.2. The molecule has 10 nitrogen and oxygen atoms in total. The number of amides is 2. The molecule has 2 amide bonds. The highest BCUT2D eigenvalue weighted by atomic mass is 16.5. The molecule has 4 heterocycles. The zero-order valence-corrected chi connectivity index (χ0v) is 24.0. The van der Waals surface area contributed by atoms with E-state index in [2.05, 4.69) is 26.4 Å². The average Bonchev–Trinajstić information content (AvgIpc) is 3.50. The van der Waals surface area contributed by atoms with Crippen molar-refractivity contribution in [3.8, 4) is 22.8 Å². The first-order valence-electron chi connectivity index (χ1n) is 14.6. The van der Waals surface area contributed by atoms with Crippen LogP contribution in [0.25, 0.3) is 16.9 Å². The summed E-state index contributed by atoms with van der Waals surface area (Å²) in [6, 6.07) is 15.2. The van der Waals surface area contributed by atoms with Gasteiger partial charge in [-0.1, -0.05) is 6.07 Å². The molecule has 1 aromatic carbocycles. The van der Waals surface area contributed by atoms with Crippen molar-refractivity contribution in [1.82, 2.24) is 29.8 Å². The molecule has 10 heteroatoms. The summed E-state index contributed by atoms with van der Waals surface area (Å²) in [5.74, 6) is 1.71. The van der Waals surface area contributed by atoms with Gasteiger partial charge in [-0.05, 0) is 74.9 Å². The number of nitrogens with one attached hydrogen (secondary N) is 1. The van der Waals surface area contributed by atoms with Crippen LogP contribution in [-0.4, -0.2) is 69.6 Å². The van der Waals surface area contributed by atoms with Crippen LogP contribution in [-0.2, 0) is 4.79 Å². The Kier molecular flexibility index (Phi) is 8.03. The molecule has 1 saturated carbocycles. The number of hydrogen-bond acceptors (Lipinski definition) is 7. The van der Waals surface area contributed by atoms with E-state index in [9.17, 15) is 9.59 Å². The van der Waals surface area contributed by atoms with Gasteiger partial charge in [0.2, 0.25) is 5.91 Å². The van der Waals surface area contributed by atoms with E-state index in [0.29, 0.717) is 28.8 Å². The molecule has 42 heavy (non-hydrogen) atoms. The molecule has 218 valence electrons. The van der Waals surface area contributed by atoms with E-state index in [1.807, 2.05) is 47.5 Å². The van der Waals surface area contributed by atoms with Crippen molar-refractivity contribution in [2.75, 3.05) is 27.3 Å². The summed E-state index contributed by atoms with van der Waals surface area (Å²) in [4.78, 5) is 37.4. The third kappa shape index (κ3) is 5.66. The Balaban J connectivity index is 1.05. The van der Waals surface area contributed by atoms with Gasteiger partial charge < -0.3 is 19.7 Å². The molecule has 0 bridgehead atoms. The summed E-state index contributed by atoms with van der Waals surface area (Å²) in [6.07, 6.45) is 8.55. The molecule has 1 N–H and O–H groups in total. The van der Waals surface area contributed by atoms with Gasteiger partial charge in [0.1, 0.15) is 0 Å². The maximum Gasteiger partial charge on any atom is 0.272 e. The number of piperidine rings is 1. The third-order valence-corrected chi connectivity index (χ3v) is 8.59. The third-order valence-electron chi connectivity index (χ3n) is 8.59. The van der Waals surface area contributed by atoms with Crippen LogP contribution >= 0.6 is 0 Å². The normalized spacial score (nSPS) is 19.4. The second-order valence-corrected chi connectivity index (χ2v) is 11.1. The van der Waals surface area contributed by atoms with E-state index in [-0.39, 0.29) is 23.8 Å². The van der Waals surface area contributed by atoms with Gasteiger partial charge in [0.05, 0.1) is 19.9 Å². The van der Waals surface area contributed by atoms with Gasteiger partial charge >= 0.3 is 0 Å². The topological polar surface area (TPSA) is 111 Å². The molecular weight excluding hydrogens is 532 g/mol. The summed E-state index contributed by atoms with van der Waals surface area (Å²) in [5.41, 5.74) is 3.65. The zero-order chi connectivity index (χ0) is 29.1. The summed E-state index contributed by atoms with van der Waals surface area (Å²) < 4.78 is 12.5. The number of ether oxygens (including phenoxy) is 2. The predicted octanol–water partition coefficient (Wildman–Crippen LogP) is 4.50. The monoisotopic (exact) mass is 568 g/mol. The van der Waals surface area contributed by atoms with Crippen molar-refractivity contribution in [1.29, 1.82) is 0 Å². The Morgan fingerprint density at radius 3 is 2.36 bits per heavy atom. The minimum absolute atomic E-state index is 0.0135. The van der Waals surface area contributed by atoms with Gasteiger partial charge in [0.15, 0.2) is 22.8 Å². The van der Waals surface area contributed by atoms with Gasteiger partial charge in [-0.25, -0.2) is 9.50 Å². The number of carbonyl (C=O) groups excluding carboxylic acids is 2. The summed E-state index contributed by atoms with van der Waals surface area (Å²) in [6.45, 7) is 1.56. The SMILES string of the molecule is COc1ccc(-c2ccnc3cc(C(=O)N[C@H]4CC[C@H](C(=O)N5CCC(c6ccccn6)CC5)CC4)nn23)cc1OC. The van der Waals surface area contributed by atoms with Crippen LogP contribution in [0.3, 0.4) is 0 Å². The molecule has 3 aromatic heterocycles. The van der Waals surface area contributed by atoms with E-state index in [1.165, 1.54) is 0 Å². The molecule has 6 rings (SSSR count). The number of pyridine rings is 1. The number of rotatable bonds is 7. The number of nitrogens with zero attached hydrogens (tertiary/aromatic N) is 5. The Bertz CT molecular complexity index is 1560. The first-order valence-corrected chi connectivity index (χ1v) is 14.6. The van der Waals surface area contributed by atoms with E-state index >= 15 is 0 Å². The molecule has 2 fully saturated rings. The fourth-order valence-electron chi connectivity index (χ4n) is 6.24. The fraction of sp³-hybridized carbons (Fsp3) is 0.406. The first-order chi connectivity index (χ1) is 20.5. The van der Waals surface area contributed by atoms with Crippen LogP contribution in [0.15, 0.2) is 60.9 Å². The molecule has 1 saturated heterocycles. The molecule has 2 aliphatic rings. The van der Waals surface area contributed by atoms with Gasteiger partial charge in [-0.2, -0.15) is 5.10 Å². The molecule has 1 aliphatic carbocycles. The highest BCUT2D eigenvalue weighted by Crippen LogP contribution is 2.33. The van der Waals surface area contributed by atoms with Crippen molar-refractivity contribution in [2.24, 2.45) is 5.92 Å². The Labute approximate surface area is 245 Å². The highest BCUT2D eigenvalue weighted by molar-refractivity contribution is 5.93. The highest BCUT2D eigenvalue weighted by Gasteiger charge is 2.32. The van der Waals surface area contributed by atoms with Crippen LogP contribution in [0.4, 0.5) is 0 Å². The number of aromatic nitrogens is 4. The number of methoxy groups -OCH3 is 2. The smallest absolute Gasteiger partial charge is 0.272 e. The number of carbonyl (C=O) groups is 2. The van der Waals surface area contributed by atoms with Gasteiger partial charge in [-0.3, -0.25) is 14.6 Å². The summed E-state index contributed by atoms with van der Waals surface area (Å²) >= 11 is 0. The van der Waals surface area contributed by atoms with Gasteiger partial charge in [-0.15, -0.1) is 0 Å². The second-order valence-electron chi connectivity index (χ2n) is 11.1. The maximum absolute atomic E-state index is 13.3. The molecule has 0 unspecified atom stereocenters. The van der Waals surface area contributed by atoms with Crippen LogP contribution in [0.5, 0.6) is 11.5 Å². The minimum Gasteiger partial charge on any atom is -0.493 e. The average molecular weight is 569 g/mol. The van der Waals surface area contributed by atoms with Gasteiger partial charge in [0, 0.05) is 60.7 Å². The quantitative estimate of drug-likeness (QED) is 0.349. The lowest BCUT2D eigenvalue weighted by atomic mass is 9.84. The standard InChI is InChI=1S/C32H36N6O4/c1-41-28-11-8-23(19-29(28)42-2)27-12-16-34-30-20-26(36-38(27)30)31(39)35-24-9-6-22(7-10-24)32(40)37-17-13-21(14-18-37)25-5-3-4-15-33-25/h3-5,8,11-12,15-16,19-22,24H,6-7,9-10,13-14,17-18H2,1-2H3,(H,35,39)/t22-,24-. The lowest BCUT2D eigenvalue weighted by molar-refractivity contribution is -0.137. The summed E-state index contributed by atoms with van der Waals surface area (Å²) in [5, 5.41) is 7.73. The molecule has 1 aliphatic heterocycles. The van der Waals surface area contributed by atoms with Gasteiger partial charge in [0.25, 0.3) is 5.91 Å². The molecular formula is C32H36N6O4. The number of likely N-dealkylation sites (tertiary alicyclic amines) is 1. The van der Waals surface area contributed by atoms with E-state index in [4.69, 9.17) is 9.47 Å². The molecule has 0 spiro atoms. The van der Waals surface area contributed by atoms with Crippen molar-refractivity contribution >= 4 is 17.5 Å². The zero-order valence-electron chi connectivity index (χ0n) is 24.0. The number of benzene rings is 1. The van der Waals surface area contributed by atoms with Crippen LogP contribution in [0.1, 0.15) is 60.6 Å². The minimum atomic E-state index is -0.231. The Morgan fingerprint density at radius 2 is 1.64 bits per heavy atom. The molecule has 4 aromatic rings. The Hall–Kier alpha value is -4.47. The van der Waals surface area contributed by atoms with Crippen molar-refractivity contribution in [2.45, 2.75) is 50.5 Å². The lowest BCUT2D eigenvalue weighted by Crippen LogP contribution is -2.44. The van der Waals surface area contributed by atoms with Crippen LogP contribution in [0.2, 0.25) is 0 Å².